The maximum Gasteiger partial charge on any atom is 0.215 e. The molecule has 0 aromatic heterocycles. The minimum absolute atomic E-state index is 0.0133. The first-order valence-corrected chi connectivity index (χ1v) is 16.8. The number of Topliss-reactive ketones (excluding diaryl/α,β-unsaturated/α-hetero) is 1. The van der Waals surface area contributed by atoms with Crippen molar-refractivity contribution >= 4 is 21.5 Å². The number of nitrogens with one attached hydrogen (secondary N) is 1. The molecule has 0 aliphatic heterocycles. The molecule has 6 aliphatic rings. The lowest BCUT2D eigenvalue weighted by Gasteiger charge is -2.69. The molecule has 0 amide bonds. The van der Waals surface area contributed by atoms with Crippen molar-refractivity contribution in [2.45, 2.75) is 97.9 Å². The van der Waals surface area contributed by atoms with Crippen molar-refractivity contribution in [1.29, 1.82) is 10.5 Å². The zero-order chi connectivity index (χ0) is 29.1. The van der Waals surface area contributed by atoms with Crippen LogP contribution < -0.4 is 4.72 Å². The van der Waals surface area contributed by atoms with Gasteiger partial charge in [0, 0.05) is 28.5 Å². The number of ketones is 2. The zero-order valence-electron chi connectivity index (χ0n) is 24.7. The summed E-state index contributed by atoms with van der Waals surface area (Å²) in [7, 11) is -2.93. The molecule has 4 fully saturated rings. The molecule has 7 nitrogen and oxygen atoms in total. The van der Waals surface area contributed by atoms with Crippen molar-refractivity contribution in [2.75, 3.05) is 6.26 Å². The minimum Gasteiger partial charge on any atom is -0.295 e. The number of nitriles is 2. The third-order valence-electron chi connectivity index (χ3n) is 13.2. The number of nitrogens with zero attached hydrogens (tertiary/aromatic N) is 3. The molecule has 8 atom stereocenters. The van der Waals surface area contributed by atoms with Gasteiger partial charge in [0.2, 0.25) is 6.19 Å². The number of hydrogen-bond acceptors (Lipinski definition) is 6. The summed E-state index contributed by atoms with van der Waals surface area (Å²) in [6.07, 6.45) is 15.6. The summed E-state index contributed by atoms with van der Waals surface area (Å²) in [6, 6.07) is 2.17. The standard InChI is InChI=1S/C32H42N4O3S/c1-27(2)23-7-8-29(4)24(28(23,3)16-20(18-33)26(27)38)15-22(37)25-21-17-31(10-11-31)12-14-32(21,13-9-30(25,29)5)36-40(6,39)35-19-34/h15-16,21,23,25H,7-14,17H2,1-6H3,(H,35,36,39)/t21-,23-,25-,28-,29+,30+,32+,40?/m0/s1. The molecule has 214 valence electrons. The van der Waals surface area contributed by atoms with Crippen molar-refractivity contribution in [3.63, 3.8) is 0 Å². The average Bonchev–Trinajstić information content (AvgIpc) is 3.62. The Morgan fingerprint density at radius 1 is 1.00 bits per heavy atom. The van der Waals surface area contributed by atoms with E-state index >= 15 is 0 Å². The molecule has 0 bridgehead atoms. The predicted octanol–water partition coefficient (Wildman–Crippen LogP) is 5.80. The lowest BCUT2D eigenvalue weighted by atomic mass is 9.35. The van der Waals surface area contributed by atoms with Crippen LogP contribution in [0.2, 0.25) is 0 Å². The largest absolute Gasteiger partial charge is 0.295 e. The van der Waals surface area contributed by atoms with Crippen LogP contribution in [0.3, 0.4) is 0 Å². The zero-order valence-corrected chi connectivity index (χ0v) is 25.5. The first-order chi connectivity index (χ1) is 18.5. The number of carbonyl (C=O) groups excluding carboxylic acids is 2. The van der Waals surface area contributed by atoms with Crippen LogP contribution >= 0.6 is 0 Å². The fourth-order valence-corrected chi connectivity index (χ4v) is 12.0. The molecule has 4 saturated carbocycles. The maximum atomic E-state index is 14.5. The van der Waals surface area contributed by atoms with Crippen LogP contribution in [-0.4, -0.2) is 27.6 Å². The van der Waals surface area contributed by atoms with Gasteiger partial charge in [0.1, 0.15) is 16.0 Å². The van der Waals surface area contributed by atoms with E-state index in [0.29, 0.717) is 0 Å². The first kappa shape index (κ1) is 27.9. The second-order valence-corrected chi connectivity index (χ2v) is 17.3. The Hall–Kier alpha value is -2.29. The summed E-state index contributed by atoms with van der Waals surface area (Å²) in [5, 5.41) is 19.1. The normalized spacial score (nSPS) is 45.6. The molecular weight excluding hydrogens is 520 g/mol. The van der Waals surface area contributed by atoms with E-state index in [1.165, 1.54) is 19.1 Å². The summed E-state index contributed by atoms with van der Waals surface area (Å²) >= 11 is 0. The Bertz CT molecular complexity index is 1500. The van der Waals surface area contributed by atoms with Crippen molar-refractivity contribution in [3.8, 4) is 12.3 Å². The number of carbonyl (C=O) groups is 2. The second kappa shape index (κ2) is 8.17. The average molecular weight is 563 g/mol. The van der Waals surface area contributed by atoms with Gasteiger partial charge in [-0.25, -0.2) is 8.93 Å². The van der Waals surface area contributed by atoms with E-state index in [-0.39, 0.29) is 51.1 Å². The van der Waals surface area contributed by atoms with Gasteiger partial charge in [-0.1, -0.05) is 46.3 Å². The number of rotatable bonds is 2. The first-order valence-electron chi connectivity index (χ1n) is 14.9. The van der Waals surface area contributed by atoms with Gasteiger partial charge in [-0.2, -0.15) is 10.5 Å². The quantitative estimate of drug-likeness (QED) is 0.426. The van der Waals surface area contributed by atoms with E-state index in [0.717, 1.165) is 50.5 Å². The SMILES string of the molecule is CC1(C)C(=O)C(C#N)=C[C@]2(C)C3=CC(=O)[C@@H]4[C@@H]5CC6(CC6)CC[C@]5(NS(C)(=O)=NC#N)CC[C@@]4(C)[C@]3(C)CC[C@@H]12. The number of hydrogen-bond donors (Lipinski definition) is 1. The van der Waals surface area contributed by atoms with E-state index in [2.05, 4.69) is 35.9 Å². The molecular formula is C32H42N4O3S. The fourth-order valence-electron chi connectivity index (χ4n) is 10.7. The van der Waals surface area contributed by atoms with Crippen LogP contribution in [0, 0.1) is 67.6 Å². The van der Waals surface area contributed by atoms with Gasteiger partial charge in [0.25, 0.3) is 0 Å². The van der Waals surface area contributed by atoms with Gasteiger partial charge in [-0.3, -0.25) is 9.59 Å². The molecule has 0 aromatic carbocycles. The van der Waals surface area contributed by atoms with E-state index in [9.17, 15) is 24.3 Å². The molecule has 1 spiro atoms. The Kier molecular flexibility index (Phi) is 5.69. The Balaban J connectivity index is 1.51. The van der Waals surface area contributed by atoms with Gasteiger partial charge < -0.3 is 0 Å². The molecule has 1 N–H and O–H groups in total. The third kappa shape index (κ3) is 3.45. The molecule has 0 radical (unpaired) electrons. The van der Waals surface area contributed by atoms with E-state index < -0.39 is 26.3 Å². The van der Waals surface area contributed by atoms with Gasteiger partial charge in [0.05, 0.1) is 5.57 Å². The highest BCUT2D eigenvalue weighted by molar-refractivity contribution is 7.91. The van der Waals surface area contributed by atoms with Crippen LogP contribution in [0.1, 0.15) is 92.4 Å². The van der Waals surface area contributed by atoms with Crippen molar-refractivity contribution in [1.82, 2.24) is 4.72 Å². The Labute approximate surface area is 239 Å². The van der Waals surface area contributed by atoms with E-state index in [1.807, 2.05) is 26.0 Å². The molecule has 0 saturated heterocycles. The van der Waals surface area contributed by atoms with E-state index in [1.54, 1.807) is 6.19 Å². The summed E-state index contributed by atoms with van der Waals surface area (Å²) in [4.78, 5) is 27.8. The highest BCUT2D eigenvalue weighted by atomic mass is 32.2. The van der Waals surface area contributed by atoms with Crippen molar-refractivity contribution in [3.05, 3.63) is 23.3 Å². The molecule has 40 heavy (non-hydrogen) atoms. The highest BCUT2D eigenvalue weighted by Crippen LogP contribution is 2.74. The van der Waals surface area contributed by atoms with Crippen LogP contribution in [0.4, 0.5) is 0 Å². The Morgan fingerprint density at radius 2 is 1.65 bits per heavy atom. The molecule has 8 heteroatoms. The lowest BCUT2D eigenvalue weighted by Crippen LogP contribution is -2.69. The van der Waals surface area contributed by atoms with Gasteiger partial charge >= 0.3 is 0 Å². The molecule has 6 aliphatic carbocycles. The van der Waals surface area contributed by atoms with Gasteiger partial charge in [0.15, 0.2) is 11.6 Å². The maximum absolute atomic E-state index is 14.5. The number of fused-ring (bicyclic) bond motifs is 7. The fraction of sp³-hybridized carbons (Fsp3) is 0.750. The topological polar surface area (TPSA) is 123 Å². The minimum atomic E-state index is -2.93. The van der Waals surface area contributed by atoms with Crippen LogP contribution in [0.5, 0.6) is 0 Å². The van der Waals surface area contributed by atoms with Crippen LogP contribution in [0.25, 0.3) is 0 Å². The highest BCUT2D eigenvalue weighted by Gasteiger charge is 2.71. The van der Waals surface area contributed by atoms with E-state index in [4.69, 9.17) is 0 Å². The molecule has 0 aromatic rings. The van der Waals surface area contributed by atoms with Gasteiger partial charge in [-0.05, 0) is 91.9 Å². The van der Waals surface area contributed by atoms with Crippen molar-refractivity contribution < 1.29 is 13.8 Å². The summed E-state index contributed by atoms with van der Waals surface area (Å²) in [5.74, 6) is -0.158. The predicted molar refractivity (Wildman–Crippen MR) is 152 cm³/mol. The third-order valence-corrected chi connectivity index (χ3v) is 14.4. The number of allylic oxidation sites excluding steroid dienone is 4. The summed E-state index contributed by atoms with van der Waals surface area (Å²) in [5.41, 5.74) is -0.756. The molecule has 0 heterocycles. The lowest BCUT2D eigenvalue weighted by molar-refractivity contribution is -0.157. The molecule has 6 rings (SSSR count). The Morgan fingerprint density at radius 3 is 2.27 bits per heavy atom. The summed E-state index contributed by atoms with van der Waals surface area (Å²) in [6.45, 7) is 10.7. The second-order valence-electron chi connectivity index (χ2n) is 15.3. The monoisotopic (exact) mass is 562 g/mol. The van der Waals surface area contributed by atoms with Crippen LogP contribution in [-0.2, 0) is 19.5 Å². The van der Waals surface area contributed by atoms with Crippen LogP contribution in [0.15, 0.2) is 27.7 Å². The molecule has 1 unspecified atom stereocenters. The van der Waals surface area contributed by atoms with Gasteiger partial charge in [-0.15, -0.1) is 4.36 Å². The smallest absolute Gasteiger partial charge is 0.215 e. The summed E-state index contributed by atoms with van der Waals surface area (Å²) < 4.78 is 20.5. The van der Waals surface area contributed by atoms with Crippen molar-refractivity contribution in [2.24, 2.45) is 49.2 Å².